The molecule has 0 unspecified atom stereocenters. The Morgan fingerprint density at radius 3 is 2.54 bits per heavy atom. The molecule has 1 aliphatic heterocycles. The fourth-order valence-corrected chi connectivity index (χ4v) is 4.18. The SMILES string of the molecule is CC(C)C.CC/C=C(/NCC=O)c1c[nH]c2ncc(-c3cn(CC4CC4)cn3)nc12.CN1CCC(C#N)CC1. The van der Waals surface area contributed by atoms with Crippen LogP contribution in [0.2, 0.25) is 0 Å². The summed E-state index contributed by atoms with van der Waals surface area (Å²) in [6, 6.07) is 2.30. The maximum absolute atomic E-state index is 10.7. The van der Waals surface area contributed by atoms with Gasteiger partial charge in [0.2, 0.25) is 0 Å². The van der Waals surface area contributed by atoms with E-state index in [0.29, 0.717) is 5.92 Å². The molecule has 210 valence electrons. The molecule has 5 rings (SSSR count). The number of imidazole rings is 1. The van der Waals surface area contributed by atoms with Gasteiger partial charge in [-0.2, -0.15) is 5.26 Å². The number of nitrogens with one attached hydrogen (secondary N) is 2. The summed E-state index contributed by atoms with van der Waals surface area (Å²) in [6.07, 6.45) is 16.0. The second-order valence-corrected chi connectivity index (χ2v) is 11.1. The van der Waals surface area contributed by atoms with E-state index >= 15 is 0 Å². The Morgan fingerprint density at radius 1 is 1.21 bits per heavy atom. The maximum atomic E-state index is 10.7. The van der Waals surface area contributed by atoms with Gasteiger partial charge in [0, 0.05) is 36.1 Å². The number of piperidine rings is 1. The van der Waals surface area contributed by atoms with Crippen LogP contribution in [0.15, 0.2) is 31.0 Å². The Balaban J connectivity index is 0.000000268. The molecule has 3 aromatic rings. The second kappa shape index (κ2) is 15.2. The van der Waals surface area contributed by atoms with Crippen molar-refractivity contribution in [3.8, 4) is 17.5 Å². The van der Waals surface area contributed by atoms with Crippen molar-refractivity contribution in [1.29, 1.82) is 5.26 Å². The zero-order chi connectivity index (χ0) is 28.2. The van der Waals surface area contributed by atoms with Gasteiger partial charge in [-0.15, -0.1) is 0 Å². The highest BCUT2D eigenvalue weighted by Gasteiger charge is 2.22. The summed E-state index contributed by atoms with van der Waals surface area (Å²) in [4.78, 5) is 29.9. The molecule has 1 saturated heterocycles. The number of aromatic nitrogens is 5. The van der Waals surface area contributed by atoms with Crippen LogP contribution in [0.5, 0.6) is 0 Å². The zero-order valence-corrected chi connectivity index (χ0v) is 24.2. The van der Waals surface area contributed by atoms with Gasteiger partial charge in [-0.25, -0.2) is 15.0 Å². The first kappa shape index (κ1) is 30.0. The van der Waals surface area contributed by atoms with Crippen LogP contribution >= 0.6 is 0 Å². The van der Waals surface area contributed by atoms with Crippen LogP contribution in [0.4, 0.5) is 0 Å². The molecule has 3 aromatic heterocycles. The molecule has 9 nitrogen and oxygen atoms in total. The molecule has 0 atom stereocenters. The van der Waals surface area contributed by atoms with E-state index in [1.54, 1.807) is 6.20 Å². The van der Waals surface area contributed by atoms with Gasteiger partial charge < -0.3 is 24.6 Å². The van der Waals surface area contributed by atoms with Crippen LogP contribution < -0.4 is 5.32 Å². The third-order valence-electron chi connectivity index (χ3n) is 6.42. The van der Waals surface area contributed by atoms with E-state index in [1.807, 2.05) is 24.8 Å². The smallest absolute Gasteiger partial charge is 0.156 e. The number of hydrogen-bond acceptors (Lipinski definition) is 7. The lowest BCUT2D eigenvalue weighted by molar-refractivity contribution is -0.107. The normalized spacial score (nSPS) is 16.2. The van der Waals surface area contributed by atoms with Crippen LogP contribution in [0.1, 0.15) is 65.4 Å². The molecule has 0 aromatic carbocycles. The van der Waals surface area contributed by atoms with Crippen LogP contribution in [0.25, 0.3) is 28.2 Å². The van der Waals surface area contributed by atoms with E-state index in [0.717, 1.165) is 90.8 Å². The van der Waals surface area contributed by atoms with Crippen molar-refractivity contribution in [2.24, 2.45) is 17.8 Å². The monoisotopic (exact) mass is 532 g/mol. The molecule has 4 heterocycles. The van der Waals surface area contributed by atoms with Crippen molar-refractivity contribution in [3.63, 3.8) is 0 Å². The van der Waals surface area contributed by atoms with Crippen LogP contribution in [0, 0.1) is 29.1 Å². The van der Waals surface area contributed by atoms with E-state index in [2.05, 4.69) is 70.5 Å². The lowest BCUT2D eigenvalue weighted by atomic mass is 9.99. The van der Waals surface area contributed by atoms with Gasteiger partial charge in [0.15, 0.2) is 5.65 Å². The molecule has 9 heteroatoms. The van der Waals surface area contributed by atoms with E-state index in [1.165, 1.54) is 12.8 Å². The fraction of sp³-hybridized carbons (Fsp3) is 0.567. The number of nitrogens with zero attached hydrogens (tertiary/aromatic N) is 6. The molecular formula is C30H44N8O. The highest BCUT2D eigenvalue weighted by Crippen LogP contribution is 2.31. The first-order chi connectivity index (χ1) is 18.8. The predicted octanol–water partition coefficient (Wildman–Crippen LogP) is 5.28. The quantitative estimate of drug-likeness (QED) is 0.379. The molecule has 0 spiro atoms. The predicted molar refractivity (Wildman–Crippen MR) is 157 cm³/mol. The molecule has 2 aliphatic rings. The number of rotatable bonds is 8. The van der Waals surface area contributed by atoms with Gasteiger partial charge in [-0.1, -0.05) is 33.8 Å². The molecule has 0 radical (unpaired) electrons. The van der Waals surface area contributed by atoms with Gasteiger partial charge in [0.25, 0.3) is 0 Å². The fourth-order valence-electron chi connectivity index (χ4n) is 4.18. The van der Waals surface area contributed by atoms with Crippen LogP contribution in [-0.4, -0.2) is 62.4 Å². The van der Waals surface area contributed by atoms with E-state index in [-0.39, 0.29) is 6.54 Å². The number of aromatic amines is 1. The minimum Gasteiger partial charge on any atom is -0.378 e. The Morgan fingerprint density at radius 2 is 1.92 bits per heavy atom. The maximum Gasteiger partial charge on any atom is 0.156 e. The minimum absolute atomic E-state index is 0.261. The Labute approximate surface area is 232 Å². The van der Waals surface area contributed by atoms with E-state index in [9.17, 15) is 4.79 Å². The molecular weight excluding hydrogens is 488 g/mol. The standard InChI is InChI=1S/C19H22N6O.C7H12N2.C4H10/c1-2-3-15(20-6-7-26)14-8-21-19-18(14)24-16(9-22-19)17-11-25(12-23-17)10-13-4-5-13;1-9-4-2-7(6-8)3-5-9;1-4(2)3/h3,7-9,11-13,20H,2,4-6,10H2,1H3,(H,21,22);7H,2-5H2,1H3;4H,1-3H3/b15-3+;;. The first-order valence-corrected chi connectivity index (χ1v) is 14.2. The first-order valence-electron chi connectivity index (χ1n) is 14.2. The molecule has 0 amide bonds. The molecule has 0 bridgehead atoms. The number of allylic oxidation sites excluding steroid dienone is 1. The Bertz CT molecular complexity index is 1240. The molecule has 1 saturated carbocycles. The Hall–Kier alpha value is -3.51. The van der Waals surface area contributed by atoms with Crippen molar-refractivity contribution >= 4 is 23.1 Å². The third-order valence-corrected chi connectivity index (χ3v) is 6.42. The summed E-state index contributed by atoms with van der Waals surface area (Å²) < 4.78 is 2.13. The van der Waals surface area contributed by atoms with Crippen LogP contribution in [0.3, 0.4) is 0 Å². The van der Waals surface area contributed by atoms with Gasteiger partial charge >= 0.3 is 0 Å². The summed E-state index contributed by atoms with van der Waals surface area (Å²) in [5.74, 6) is 1.97. The van der Waals surface area contributed by atoms with Gasteiger partial charge in [-0.05, 0) is 64.1 Å². The molecule has 2 fully saturated rings. The third kappa shape index (κ3) is 9.63. The average molecular weight is 533 g/mol. The highest BCUT2D eigenvalue weighted by molar-refractivity contribution is 5.88. The lowest BCUT2D eigenvalue weighted by Crippen LogP contribution is -2.29. The topological polar surface area (TPSA) is 116 Å². The molecule has 1 aliphatic carbocycles. The van der Waals surface area contributed by atoms with Gasteiger partial charge in [0.1, 0.15) is 23.2 Å². The number of carbonyl (C=O) groups is 1. The van der Waals surface area contributed by atoms with E-state index in [4.69, 9.17) is 10.2 Å². The number of carbonyl (C=O) groups excluding carboxylic acids is 1. The number of hydrogen-bond donors (Lipinski definition) is 2. The minimum atomic E-state index is 0.261. The van der Waals surface area contributed by atoms with Crippen LogP contribution in [-0.2, 0) is 11.3 Å². The van der Waals surface area contributed by atoms with Crippen molar-refractivity contribution in [2.75, 3.05) is 26.7 Å². The average Bonchev–Trinajstić information content (AvgIpc) is 3.44. The van der Waals surface area contributed by atoms with E-state index < -0.39 is 0 Å². The molecule has 39 heavy (non-hydrogen) atoms. The Kier molecular flexibility index (Phi) is 11.7. The number of aldehydes is 1. The summed E-state index contributed by atoms with van der Waals surface area (Å²) in [5.41, 5.74) is 4.87. The van der Waals surface area contributed by atoms with Crippen molar-refractivity contribution in [3.05, 3.63) is 36.6 Å². The van der Waals surface area contributed by atoms with Crippen molar-refractivity contribution < 1.29 is 4.79 Å². The lowest BCUT2D eigenvalue weighted by Gasteiger charge is -2.24. The zero-order valence-electron chi connectivity index (χ0n) is 24.2. The number of fused-ring (bicyclic) bond motifs is 1. The largest absolute Gasteiger partial charge is 0.378 e. The highest BCUT2D eigenvalue weighted by atomic mass is 16.1. The summed E-state index contributed by atoms with van der Waals surface area (Å²) in [7, 11) is 2.10. The van der Waals surface area contributed by atoms with Crippen molar-refractivity contribution in [2.45, 2.75) is 66.3 Å². The number of nitriles is 1. The summed E-state index contributed by atoms with van der Waals surface area (Å²) in [5, 5.41) is 11.7. The van der Waals surface area contributed by atoms with Crippen molar-refractivity contribution in [1.82, 2.24) is 34.7 Å². The van der Waals surface area contributed by atoms with Gasteiger partial charge in [0.05, 0.1) is 25.1 Å². The number of likely N-dealkylation sites (tertiary alicyclic amines) is 1. The summed E-state index contributed by atoms with van der Waals surface area (Å²) in [6.45, 7) is 12.0. The van der Waals surface area contributed by atoms with Gasteiger partial charge in [-0.3, -0.25) is 0 Å². The number of H-pyrrole nitrogens is 1. The summed E-state index contributed by atoms with van der Waals surface area (Å²) >= 11 is 0. The molecule has 2 N–H and O–H groups in total. The second-order valence-electron chi connectivity index (χ2n) is 11.1.